The molecule has 0 radical (unpaired) electrons. The Morgan fingerprint density at radius 2 is 1.72 bits per heavy atom. The highest BCUT2D eigenvalue weighted by atomic mass is 35.5. The maximum Gasteiger partial charge on any atom is 0.332 e. The quantitative estimate of drug-likeness (QED) is 0.479. The molecule has 0 fully saturated rings. The first-order chi connectivity index (χ1) is 15.2. The van der Waals surface area contributed by atoms with Crippen molar-refractivity contribution in [1.82, 2.24) is 5.32 Å². The molecule has 10 heteroatoms. The third-order valence-electron chi connectivity index (χ3n) is 4.22. The van der Waals surface area contributed by atoms with Crippen LogP contribution in [0, 0.1) is 0 Å². The van der Waals surface area contributed by atoms with Crippen LogP contribution in [0.25, 0.3) is 0 Å². The molecule has 0 aliphatic rings. The molecule has 0 aliphatic carbocycles. The van der Waals surface area contributed by atoms with Crippen molar-refractivity contribution in [2.24, 2.45) is 0 Å². The van der Waals surface area contributed by atoms with Gasteiger partial charge in [-0.2, -0.15) is 8.42 Å². The number of benzene rings is 3. The Kier molecular flexibility index (Phi) is 7.45. The molecule has 0 aromatic heterocycles. The summed E-state index contributed by atoms with van der Waals surface area (Å²) in [5.74, 6) is -0.475. The van der Waals surface area contributed by atoms with Gasteiger partial charge in [0.1, 0.15) is 5.75 Å². The molecule has 0 spiro atoms. The van der Waals surface area contributed by atoms with Crippen LogP contribution in [0.4, 0.5) is 9.57 Å². The second-order valence-corrected chi connectivity index (χ2v) is 8.43. The fraction of sp³-hybridized carbons (Fsp3) is 0.0909. The molecule has 166 valence electrons. The van der Waals surface area contributed by atoms with E-state index < -0.39 is 21.0 Å². The summed E-state index contributed by atoms with van der Waals surface area (Å²) in [6.45, 7) is 0.00161. The Morgan fingerprint density at radius 3 is 2.47 bits per heavy atom. The van der Waals surface area contributed by atoms with Gasteiger partial charge in [-0.15, -0.1) is 3.89 Å². The Hall–Kier alpha value is -3.43. The highest BCUT2D eigenvalue weighted by Gasteiger charge is 2.15. The molecular formula is C22H18ClFN2O5S. The van der Waals surface area contributed by atoms with Gasteiger partial charge in [-0.25, -0.2) is 0 Å². The molecule has 0 unspecified atom stereocenters. The lowest BCUT2D eigenvalue weighted by Gasteiger charge is -2.10. The molecule has 3 aromatic carbocycles. The molecule has 0 atom stereocenters. The zero-order chi connectivity index (χ0) is 23.1. The molecule has 2 N–H and O–H groups in total. The average molecular weight is 477 g/mol. The number of anilines is 1. The Balaban J connectivity index is 1.56. The van der Waals surface area contributed by atoms with Crippen molar-refractivity contribution in [3.8, 4) is 5.75 Å². The zero-order valence-electron chi connectivity index (χ0n) is 16.5. The summed E-state index contributed by atoms with van der Waals surface area (Å²) in [6.07, 6.45) is 0. The van der Waals surface area contributed by atoms with Crippen LogP contribution in [-0.4, -0.2) is 26.8 Å². The summed E-state index contributed by atoms with van der Waals surface area (Å²) in [6, 6.07) is 18.1. The predicted octanol–water partition coefficient (Wildman–Crippen LogP) is 3.95. The first kappa shape index (κ1) is 23.2. The number of halogens is 2. The van der Waals surface area contributed by atoms with E-state index in [1.807, 2.05) is 0 Å². The molecule has 0 heterocycles. The van der Waals surface area contributed by atoms with E-state index in [2.05, 4.69) is 10.6 Å². The van der Waals surface area contributed by atoms with E-state index in [9.17, 15) is 21.9 Å². The Bertz CT molecular complexity index is 1250. The smallest absolute Gasteiger partial charge is 0.332 e. The van der Waals surface area contributed by atoms with Gasteiger partial charge in [-0.3, -0.25) is 9.59 Å². The van der Waals surface area contributed by atoms with Crippen LogP contribution in [0.2, 0.25) is 5.02 Å². The molecule has 0 aliphatic heterocycles. The summed E-state index contributed by atoms with van der Waals surface area (Å²) in [5.41, 5.74) is 1.12. The number of carbonyl (C=O) groups excluding carboxylic acids is 2. The summed E-state index contributed by atoms with van der Waals surface area (Å²) in [7, 11) is -4.92. The third kappa shape index (κ3) is 6.79. The largest absolute Gasteiger partial charge is 0.484 e. The van der Waals surface area contributed by atoms with Gasteiger partial charge in [0.2, 0.25) is 0 Å². The lowest BCUT2D eigenvalue weighted by molar-refractivity contribution is -0.123. The van der Waals surface area contributed by atoms with E-state index in [4.69, 9.17) is 16.3 Å². The van der Waals surface area contributed by atoms with Crippen LogP contribution < -0.4 is 15.4 Å². The summed E-state index contributed by atoms with van der Waals surface area (Å²) in [4.78, 5) is 23.8. The van der Waals surface area contributed by atoms with Crippen molar-refractivity contribution >= 4 is 39.3 Å². The van der Waals surface area contributed by atoms with Crippen molar-refractivity contribution in [3.05, 3.63) is 88.9 Å². The third-order valence-corrected chi connectivity index (χ3v) is 5.27. The van der Waals surface area contributed by atoms with Gasteiger partial charge in [-0.05, 0) is 54.1 Å². The van der Waals surface area contributed by atoms with Crippen molar-refractivity contribution in [2.45, 2.75) is 11.4 Å². The van der Waals surface area contributed by atoms with Crippen LogP contribution in [-0.2, 0) is 21.6 Å². The van der Waals surface area contributed by atoms with Crippen molar-refractivity contribution in [1.29, 1.82) is 0 Å². The molecule has 0 saturated heterocycles. The minimum atomic E-state index is -4.92. The molecule has 3 rings (SSSR count). The van der Waals surface area contributed by atoms with Crippen LogP contribution >= 0.6 is 11.6 Å². The second kappa shape index (κ2) is 10.3. The highest BCUT2D eigenvalue weighted by Crippen LogP contribution is 2.18. The molecule has 32 heavy (non-hydrogen) atoms. The molecule has 7 nitrogen and oxygen atoms in total. The number of carbonyl (C=O) groups is 2. The van der Waals surface area contributed by atoms with Gasteiger partial charge in [0.25, 0.3) is 11.8 Å². The molecule has 0 bridgehead atoms. The zero-order valence-corrected chi connectivity index (χ0v) is 18.1. The van der Waals surface area contributed by atoms with Crippen LogP contribution in [0.1, 0.15) is 15.9 Å². The maximum absolute atomic E-state index is 13.2. The van der Waals surface area contributed by atoms with Gasteiger partial charge in [-0.1, -0.05) is 35.9 Å². The number of hydrogen-bond donors (Lipinski definition) is 2. The van der Waals surface area contributed by atoms with Crippen molar-refractivity contribution in [3.63, 3.8) is 0 Å². The number of rotatable bonds is 8. The van der Waals surface area contributed by atoms with Gasteiger partial charge < -0.3 is 15.4 Å². The van der Waals surface area contributed by atoms with E-state index in [0.717, 1.165) is 12.1 Å². The minimum absolute atomic E-state index is 0.0133. The summed E-state index contributed by atoms with van der Waals surface area (Å²) < 4.78 is 40.6. The topological polar surface area (TPSA) is 102 Å². The molecule has 0 saturated carbocycles. The lowest BCUT2D eigenvalue weighted by Crippen LogP contribution is -2.28. The van der Waals surface area contributed by atoms with Crippen molar-refractivity contribution in [2.75, 3.05) is 11.9 Å². The minimum Gasteiger partial charge on any atom is -0.484 e. The summed E-state index contributed by atoms with van der Waals surface area (Å²) in [5, 5.41) is 5.81. The summed E-state index contributed by atoms with van der Waals surface area (Å²) >= 11 is 5.87. The Labute approximate surface area is 189 Å². The lowest BCUT2D eigenvalue weighted by atomic mass is 10.1. The van der Waals surface area contributed by atoms with Crippen LogP contribution in [0.15, 0.2) is 77.7 Å². The SMILES string of the molecule is O=C(COc1cccc(Cl)c1)NCc1cccc(NC(=O)c2cccc(S(=O)(=O)F)c2)c1. The molecule has 2 amide bonds. The number of hydrogen-bond acceptors (Lipinski definition) is 5. The first-order valence-corrected chi connectivity index (χ1v) is 11.1. The van der Waals surface area contributed by atoms with Gasteiger partial charge in [0, 0.05) is 22.8 Å². The van der Waals surface area contributed by atoms with E-state index >= 15 is 0 Å². The second-order valence-electron chi connectivity index (χ2n) is 6.64. The number of ether oxygens (including phenoxy) is 1. The number of nitrogens with one attached hydrogen (secondary N) is 2. The standard InChI is InChI=1S/C22H18ClFN2O5S/c23-17-6-3-8-19(12-17)31-14-21(27)25-13-15-4-1-7-18(10-15)26-22(28)16-5-2-9-20(11-16)32(24,29)30/h1-12H,13-14H2,(H,25,27)(H,26,28). The van der Waals surface area contributed by atoms with E-state index in [-0.39, 0.29) is 24.6 Å². The van der Waals surface area contributed by atoms with Gasteiger partial charge >= 0.3 is 10.2 Å². The highest BCUT2D eigenvalue weighted by molar-refractivity contribution is 7.86. The average Bonchev–Trinajstić information content (AvgIpc) is 2.76. The molecular weight excluding hydrogens is 459 g/mol. The van der Waals surface area contributed by atoms with Crippen LogP contribution in [0.5, 0.6) is 5.75 Å². The normalized spacial score (nSPS) is 10.9. The Morgan fingerprint density at radius 1 is 0.969 bits per heavy atom. The van der Waals surface area contributed by atoms with E-state index in [0.29, 0.717) is 22.0 Å². The fourth-order valence-corrected chi connectivity index (χ4v) is 3.40. The monoisotopic (exact) mass is 476 g/mol. The maximum atomic E-state index is 13.2. The molecule has 3 aromatic rings. The number of amides is 2. The van der Waals surface area contributed by atoms with Crippen molar-refractivity contribution < 1.29 is 26.6 Å². The fourth-order valence-electron chi connectivity index (χ4n) is 2.71. The van der Waals surface area contributed by atoms with Gasteiger partial charge in [0.05, 0.1) is 4.90 Å². The van der Waals surface area contributed by atoms with E-state index in [1.165, 1.54) is 12.1 Å². The van der Waals surface area contributed by atoms with E-state index in [1.54, 1.807) is 48.5 Å². The van der Waals surface area contributed by atoms with Gasteiger partial charge in [0.15, 0.2) is 6.61 Å². The first-order valence-electron chi connectivity index (χ1n) is 9.31. The predicted molar refractivity (Wildman–Crippen MR) is 118 cm³/mol. The van der Waals surface area contributed by atoms with Crippen LogP contribution in [0.3, 0.4) is 0 Å².